The topological polar surface area (TPSA) is 112 Å². The summed E-state index contributed by atoms with van der Waals surface area (Å²) in [7, 11) is 2.86. The molecule has 0 saturated heterocycles. The van der Waals surface area contributed by atoms with E-state index in [2.05, 4.69) is 20.5 Å². The van der Waals surface area contributed by atoms with Gasteiger partial charge in [-0.25, -0.2) is 9.48 Å². The number of aromatic nitrogens is 2. The average Bonchev–Trinajstić information content (AvgIpc) is 3.21. The van der Waals surface area contributed by atoms with Crippen molar-refractivity contribution in [1.29, 1.82) is 0 Å². The van der Waals surface area contributed by atoms with Crippen molar-refractivity contribution in [3.8, 4) is 16.9 Å². The van der Waals surface area contributed by atoms with E-state index in [4.69, 9.17) is 4.74 Å². The first-order chi connectivity index (χ1) is 15.0. The zero-order valence-corrected chi connectivity index (χ0v) is 16.9. The summed E-state index contributed by atoms with van der Waals surface area (Å²) < 4.78 is 11.6. The molecule has 1 aliphatic rings. The maximum absolute atomic E-state index is 13.0. The molecule has 158 valence electrons. The Hall–Kier alpha value is -4.14. The number of hydrogen-bond acceptors (Lipinski definition) is 6. The van der Waals surface area contributed by atoms with Gasteiger partial charge in [-0.3, -0.25) is 9.59 Å². The van der Waals surface area contributed by atoms with Gasteiger partial charge in [0.15, 0.2) is 0 Å². The van der Waals surface area contributed by atoms with Crippen LogP contribution >= 0.6 is 0 Å². The fraction of sp³-hybridized carbons (Fsp3) is 0.182. The molecule has 9 nitrogen and oxygen atoms in total. The largest absolute Gasteiger partial charge is 0.496 e. The van der Waals surface area contributed by atoms with Crippen LogP contribution in [0, 0.1) is 0 Å². The second-order valence-electron chi connectivity index (χ2n) is 6.88. The van der Waals surface area contributed by atoms with Gasteiger partial charge in [-0.1, -0.05) is 18.2 Å². The smallest absolute Gasteiger partial charge is 0.337 e. The van der Waals surface area contributed by atoms with E-state index in [0.717, 1.165) is 5.56 Å². The number of carbonyl (C=O) groups is 3. The molecule has 0 radical (unpaired) electrons. The van der Waals surface area contributed by atoms with Crippen molar-refractivity contribution in [3.63, 3.8) is 0 Å². The van der Waals surface area contributed by atoms with Crippen LogP contribution in [0.4, 0.5) is 11.5 Å². The van der Waals surface area contributed by atoms with Crippen LogP contribution in [-0.4, -0.2) is 41.8 Å². The summed E-state index contributed by atoms with van der Waals surface area (Å²) in [5.74, 6) is -0.0828. The second-order valence-corrected chi connectivity index (χ2v) is 6.88. The lowest BCUT2D eigenvalue weighted by molar-refractivity contribution is -0.125. The molecule has 1 aliphatic heterocycles. The predicted octanol–water partition coefficient (Wildman–Crippen LogP) is 2.87. The van der Waals surface area contributed by atoms with Crippen molar-refractivity contribution in [2.45, 2.75) is 12.5 Å². The quantitative estimate of drug-likeness (QED) is 0.614. The van der Waals surface area contributed by atoms with Crippen molar-refractivity contribution in [2.24, 2.45) is 0 Å². The fourth-order valence-electron chi connectivity index (χ4n) is 3.47. The first-order valence-corrected chi connectivity index (χ1v) is 9.51. The minimum absolute atomic E-state index is 0.0495. The highest BCUT2D eigenvalue weighted by Gasteiger charge is 2.33. The Balaban J connectivity index is 1.61. The van der Waals surface area contributed by atoms with Crippen LogP contribution in [0.2, 0.25) is 0 Å². The van der Waals surface area contributed by atoms with Gasteiger partial charge in [0, 0.05) is 16.8 Å². The Bertz CT molecular complexity index is 1150. The van der Waals surface area contributed by atoms with Crippen molar-refractivity contribution in [2.75, 3.05) is 24.9 Å². The number of nitrogens with one attached hydrogen (secondary N) is 2. The highest BCUT2D eigenvalue weighted by molar-refractivity contribution is 6.03. The third-order valence-electron chi connectivity index (χ3n) is 5.00. The Morgan fingerprint density at radius 2 is 1.84 bits per heavy atom. The number of anilines is 2. The van der Waals surface area contributed by atoms with Crippen molar-refractivity contribution in [1.82, 2.24) is 9.78 Å². The summed E-state index contributed by atoms with van der Waals surface area (Å²) in [5.41, 5.74) is 2.27. The summed E-state index contributed by atoms with van der Waals surface area (Å²) in [6.07, 6.45) is 1.55. The van der Waals surface area contributed by atoms with Gasteiger partial charge in [-0.2, -0.15) is 5.10 Å². The zero-order valence-electron chi connectivity index (χ0n) is 16.9. The number of benzene rings is 2. The minimum Gasteiger partial charge on any atom is -0.496 e. The first kappa shape index (κ1) is 20.1. The number of esters is 1. The van der Waals surface area contributed by atoms with Gasteiger partial charge in [0.05, 0.1) is 32.4 Å². The molecule has 0 spiro atoms. The number of nitrogens with zero attached hydrogens (tertiary/aromatic N) is 2. The fourth-order valence-corrected chi connectivity index (χ4v) is 3.47. The van der Waals surface area contributed by atoms with Crippen molar-refractivity contribution < 1.29 is 23.9 Å². The van der Waals surface area contributed by atoms with Gasteiger partial charge in [0.1, 0.15) is 17.6 Å². The molecule has 2 aromatic carbocycles. The average molecular weight is 420 g/mol. The molecule has 1 aromatic heterocycles. The number of amides is 2. The van der Waals surface area contributed by atoms with Crippen LogP contribution in [0.3, 0.4) is 0 Å². The van der Waals surface area contributed by atoms with E-state index in [0.29, 0.717) is 28.4 Å². The molecule has 0 saturated carbocycles. The van der Waals surface area contributed by atoms with Crippen LogP contribution in [-0.2, 0) is 14.3 Å². The molecule has 0 fully saturated rings. The van der Waals surface area contributed by atoms with E-state index in [1.807, 2.05) is 24.3 Å². The lowest BCUT2D eigenvalue weighted by Crippen LogP contribution is -2.35. The zero-order chi connectivity index (χ0) is 22.0. The summed E-state index contributed by atoms with van der Waals surface area (Å²) in [4.78, 5) is 36.9. The number of fused-ring (bicyclic) bond motifs is 1. The Morgan fingerprint density at radius 3 is 2.55 bits per heavy atom. The molecule has 9 heteroatoms. The number of ether oxygens (including phenoxy) is 2. The standard InChI is InChI=1S/C22H20N4O5/c1-30-18-6-4-3-5-15(18)16-12-23-26-17(11-19(27)25-20(16)26)21(28)24-14-9-7-13(8-10-14)22(29)31-2/h3-10,12,17H,11H2,1-2H3,(H,24,28)(H,25,27)/t17-/m1/s1. The summed E-state index contributed by atoms with van der Waals surface area (Å²) in [5, 5.41) is 9.94. The van der Waals surface area contributed by atoms with E-state index in [1.165, 1.54) is 11.8 Å². The molecule has 31 heavy (non-hydrogen) atoms. The molecule has 0 unspecified atom stereocenters. The predicted molar refractivity (Wildman–Crippen MR) is 113 cm³/mol. The van der Waals surface area contributed by atoms with Crippen LogP contribution in [0.25, 0.3) is 11.1 Å². The van der Waals surface area contributed by atoms with Gasteiger partial charge >= 0.3 is 5.97 Å². The van der Waals surface area contributed by atoms with Gasteiger partial charge < -0.3 is 20.1 Å². The van der Waals surface area contributed by atoms with Crippen molar-refractivity contribution >= 4 is 29.3 Å². The number of methoxy groups -OCH3 is 2. The summed E-state index contributed by atoms with van der Waals surface area (Å²) in [6, 6.07) is 12.8. The van der Waals surface area contributed by atoms with Crippen molar-refractivity contribution in [3.05, 3.63) is 60.3 Å². The number of hydrogen-bond donors (Lipinski definition) is 2. The highest BCUT2D eigenvalue weighted by Crippen LogP contribution is 2.38. The van der Waals surface area contributed by atoms with Crippen LogP contribution in [0.1, 0.15) is 22.8 Å². The summed E-state index contributed by atoms with van der Waals surface area (Å²) in [6.45, 7) is 0. The van der Waals surface area contributed by atoms with Crippen LogP contribution in [0.15, 0.2) is 54.7 Å². The summed E-state index contributed by atoms with van der Waals surface area (Å²) >= 11 is 0. The molecule has 2 N–H and O–H groups in total. The van der Waals surface area contributed by atoms with E-state index in [9.17, 15) is 14.4 Å². The minimum atomic E-state index is -0.826. The van der Waals surface area contributed by atoms with E-state index >= 15 is 0 Å². The Morgan fingerprint density at radius 1 is 1.10 bits per heavy atom. The molecule has 2 heterocycles. The van der Waals surface area contributed by atoms with Gasteiger partial charge in [0.2, 0.25) is 11.8 Å². The SMILES string of the molecule is COC(=O)c1ccc(NC(=O)[C@H]2CC(=O)Nc3c(-c4ccccc4OC)cnn32)cc1. The molecule has 2 amide bonds. The molecule has 1 atom stereocenters. The molecule has 0 aliphatic carbocycles. The van der Waals surface area contributed by atoms with E-state index in [-0.39, 0.29) is 12.3 Å². The molecular formula is C22H20N4O5. The lowest BCUT2D eigenvalue weighted by atomic mass is 10.1. The molecule has 4 rings (SSSR count). The molecular weight excluding hydrogens is 400 g/mol. The van der Waals surface area contributed by atoms with Gasteiger partial charge in [0.25, 0.3) is 0 Å². The van der Waals surface area contributed by atoms with Gasteiger partial charge in [-0.05, 0) is 30.3 Å². The van der Waals surface area contributed by atoms with Crippen LogP contribution in [0.5, 0.6) is 5.75 Å². The molecule has 0 bridgehead atoms. The third kappa shape index (κ3) is 3.85. The van der Waals surface area contributed by atoms with Gasteiger partial charge in [-0.15, -0.1) is 0 Å². The third-order valence-corrected chi connectivity index (χ3v) is 5.00. The number of rotatable bonds is 5. The monoisotopic (exact) mass is 420 g/mol. The second kappa shape index (κ2) is 8.31. The maximum atomic E-state index is 13.0. The van der Waals surface area contributed by atoms with E-state index < -0.39 is 17.9 Å². The van der Waals surface area contributed by atoms with Crippen LogP contribution < -0.4 is 15.4 Å². The van der Waals surface area contributed by atoms with E-state index in [1.54, 1.807) is 37.6 Å². The number of para-hydroxylation sites is 1. The highest BCUT2D eigenvalue weighted by atomic mass is 16.5. The normalized spacial score (nSPS) is 14.9. The molecule has 3 aromatic rings. The Kier molecular flexibility index (Phi) is 5.40. The number of carbonyl (C=O) groups excluding carboxylic acids is 3. The Labute approximate surface area is 178 Å². The lowest BCUT2D eigenvalue weighted by Gasteiger charge is -2.24. The first-order valence-electron chi connectivity index (χ1n) is 9.51. The maximum Gasteiger partial charge on any atom is 0.337 e.